The minimum Gasteiger partial charge on any atom is -0.368 e. The Morgan fingerprint density at radius 2 is 2.00 bits per heavy atom. The van der Waals surface area contributed by atoms with E-state index in [0.717, 1.165) is 17.8 Å². The Balaban J connectivity index is 2.30. The fourth-order valence-electron chi connectivity index (χ4n) is 3.05. The lowest BCUT2D eigenvalue weighted by Crippen LogP contribution is -2.37. The van der Waals surface area contributed by atoms with Crippen molar-refractivity contribution in [3.05, 3.63) is 29.6 Å². The summed E-state index contributed by atoms with van der Waals surface area (Å²) in [6, 6.07) is 5.63. The van der Waals surface area contributed by atoms with Gasteiger partial charge in [-0.2, -0.15) is 0 Å². The molecule has 3 heteroatoms. The maximum Gasteiger partial charge on any atom is 0.123 e. The normalized spacial score (nSPS) is 16.3. The van der Waals surface area contributed by atoms with Crippen molar-refractivity contribution < 1.29 is 4.39 Å². The van der Waals surface area contributed by atoms with E-state index in [1.54, 1.807) is 12.1 Å². The summed E-state index contributed by atoms with van der Waals surface area (Å²) in [5.74, 6) is 0.399. The lowest BCUT2D eigenvalue weighted by molar-refractivity contribution is 0.533. The molecule has 1 aliphatic carbocycles. The van der Waals surface area contributed by atoms with Crippen molar-refractivity contribution in [3.63, 3.8) is 0 Å². The maximum atomic E-state index is 13.4. The van der Waals surface area contributed by atoms with Gasteiger partial charge in [-0.15, -0.1) is 0 Å². The molecule has 2 rings (SSSR count). The molecule has 1 saturated carbocycles. The van der Waals surface area contributed by atoms with E-state index in [1.807, 2.05) is 6.07 Å². The first kappa shape index (κ1) is 14.3. The molecule has 0 aromatic heterocycles. The molecule has 0 heterocycles. The lowest BCUT2D eigenvalue weighted by Gasteiger charge is -2.34. The van der Waals surface area contributed by atoms with Crippen molar-refractivity contribution >= 4 is 5.69 Å². The van der Waals surface area contributed by atoms with Crippen molar-refractivity contribution in [2.24, 2.45) is 11.7 Å². The molecule has 0 radical (unpaired) electrons. The average molecular weight is 264 g/mol. The maximum absolute atomic E-state index is 13.4. The summed E-state index contributed by atoms with van der Waals surface area (Å²) >= 11 is 0. The highest BCUT2D eigenvalue weighted by Crippen LogP contribution is 2.31. The van der Waals surface area contributed by atoms with Crippen LogP contribution in [-0.2, 0) is 6.54 Å². The Kier molecular flexibility index (Phi) is 4.81. The van der Waals surface area contributed by atoms with Gasteiger partial charge in [0.25, 0.3) is 0 Å². The van der Waals surface area contributed by atoms with Crippen LogP contribution in [0.1, 0.15) is 45.1 Å². The first-order chi connectivity index (χ1) is 9.11. The van der Waals surface area contributed by atoms with E-state index in [1.165, 1.54) is 25.7 Å². The molecule has 1 aliphatic rings. The first-order valence-electron chi connectivity index (χ1n) is 7.37. The minimum atomic E-state index is -0.194. The van der Waals surface area contributed by atoms with Gasteiger partial charge in [-0.3, -0.25) is 0 Å². The van der Waals surface area contributed by atoms with Gasteiger partial charge < -0.3 is 10.6 Å². The largest absolute Gasteiger partial charge is 0.368 e. The molecule has 0 aliphatic heterocycles. The third kappa shape index (κ3) is 3.47. The number of anilines is 1. The number of halogens is 1. The summed E-state index contributed by atoms with van der Waals surface area (Å²) in [7, 11) is 0. The van der Waals surface area contributed by atoms with Crippen LogP contribution in [0.3, 0.4) is 0 Å². The number of nitrogens with zero attached hydrogens (tertiary/aromatic N) is 1. The third-order valence-electron chi connectivity index (χ3n) is 3.90. The van der Waals surface area contributed by atoms with Crippen LogP contribution in [0.25, 0.3) is 0 Å². The SMILES string of the molecule is CC(C)CN(c1ccc(F)cc1CN)C1CCCC1. The van der Waals surface area contributed by atoms with Gasteiger partial charge >= 0.3 is 0 Å². The van der Waals surface area contributed by atoms with E-state index in [-0.39, 0.29) is 5.82 Å². The molecule has 0 unspecified atom stereocenters. The van der Waals surface area contributed by atoms with Crippen molar-refractivity contribution in [3.8, 4) is 0 Å². The zero-order chi connectivity index (χ0) is 13.8. The van der Waals surface area contributed by atoms with Gasteiger partial charge in [0.05, 0.1) is 0 Å². The number of hydrogen-bond donors (Lipinski definition) is 1. The third-order valence-corrected chi connectivity index (χ3v) is 3.90. The molecule has 0 saturated heterocycles. The summed E-state index contributed by atoms with van der Waals surface area (Å²) in [6.07, 6.45) is 5.10. The van der Waals surface area contributed by atoms with Crippen LogP contribution >= 0.6 is 0 Å². The van der Waals surface area contributed by atoms with Crippen LogP contribution in [0, 0.1) is 11.7 Å². The van der Waals surface area contributed by atoms with Crippen molar-refractivity contribution in [2.45, 2.75) is 52.1 Å². The van der Waals surface area contributed by atoms with Gasteiger partial charge in [-0.05, 0) is 42.5 Å². The minimum absolute atomic E-state index is 0.194. The Morgan fingerprint density at radius 3 is 2.58 bits per heavy atom. The summed E-state index contributed by atoms with van der Waals surface area (Å²) in [5.41, 5.74) is 7.85. The fraction of sp³-hybridized carbons (Fsp3) is 0.625. The summed E-state index contributed by atoms with van der Waals surface area (Å²) in [5, 5.41) is 0. The lowest BCUT2D eigenvalue weighted by atomic mass is 10.1. The van der Waals surface area contributed by atoms with Gasteiger partial charge in [0.1, 0.15) is 5.82 Å². The monoisotopic (exact) mass is 264 g/mol. The summed E-state index contributed by atoms with van der Waals surface area (Å²) in [6.45, 7) is 5.87. The van der Waals surface area contributed by atoms with Crippen LogP contribution in [0.15, 0.2) is 18.2 Å². The van der Waals surface area contributed by atoms with Crippen molar-refractivity contribution in [2.75, 3.05) is 11.4 Å². The van der Waals surface area contributed by atoms with E-state index < -0.39 is 0 Å². The van der Waals surface area contributed by atoms with Crippen molar-refractivity contribution in [1.82, 2.24) is 0 Å². The number of nitrogens with two attached hydrogens (primary N) is 1. The topological polar surface area (TPSA) is 29.3 Å². The van der Waals surface area contributed by atoms with E-state index >= 15 is 0 Å². The molecule has 0 atom stereocenters. The molecule has 1 fully saturated rings. The van der Waals surface area contributed by atoms with E-state index in [2.05, 4.69) is 18.7 Å². The fourth-order valence-corrected chi connectivity index (χ4v) is 3.05. The van der Waals surface area contributed by atoms with Crippen molar-refractivity contribution in [1.29, 1.82) is 0 Å². The molecule has 1 aromatic carbocycles. The highest BCUT2D eigenvalue weighted by Gasteiger charge is 2.24. The van der Waals surface area contributed by atoms with Crippen LogP contribution < -0.4 is 10.6 Å². The van der Waals surface area contributed by atoms with Gasteiger partial charge in [0.15, 0.2) is 0 Å². The number of benzene rings is 1. The number of hydrogen-bond acceptors (Lipinski definition) is 2. The van der Waals surface area contributed by atoms with Gasteiger partial charge in [-0.1, -0.05) is 26.7 Å². The number of rotatable bonds is 5. The second kappa shape index (κ2) is 6.38. The van der Waals surface area contributed by atoms with Crippen LogP contribution in [0.5, 0.6) is 0 Å². The molecule has 2 N–H and O–H groups in total. The van der Waals surface area contributed by atoms with Gasteiger partial charge in [0, 0.05) is 24.8 Å². The summed E-state index contributed by atoms with van der Waals surface area (Å²) < 4.78 is 13.4. The quantitative estimate of drug-likeness (QED) is 0.879. The molecule has 1 aromatic rings. The molecule has 19 heavy (non-hydrogen) atoms. The molecule has 0 amide bonds. The Morgan fingerprint density at radius 1 is 1.32 bits per heavy atom. The average Bonchev–Trinajstić information content (AvgIpc) is 2.89. The van der Waals surface area contributed by atoms with E-state index in [9.17, 15) is 4.39 Å². The summed E-state index contributed by atoms with van der Waals surface area (Å²) in [4.78, 5) is 2.46. The van der Waals surface area contributed by atoms with E-state index in [4.69, 9.17) is 5.73 Å². The van der Waals surface area contributed by atoms with Crippen LogP contribution in [0.2, 0.25) is 0 Å². The molecule has 0 bridgehead atoms. The highest BCUT2D eigenvalue weighted by atomic mass is 19.1. The first-order valence-corrected chi connectivity index (χ1v) is 7.37. The molecule has 2 nitrogen and oxygen atoms in total. The standard InChI is InChI=1S/C16H25FN2/c1-12(2)11-19(15-5-3-4-6-15)16-8-7-14(17)9-13(16)10-18/h7-9,12,15H,3-6,10-11,18H2,1-2H3. The second-order valence-corrected chi connectivity index (χ2v) is 5.96. The smallest absolute Gasteiger partial charge is 0.123 e. The Hall–Kier alpha value is -1.09. The zero-order valence-corrected chi connectivity index (χ0v) is 12.0. The molecular weight excluding hydrogens is 239 g/mol. The second-order valence-electron chi connectivity index (χ2n) is 5.96. The van der Waals surface area contributed by atoms with Gasteiger partial charge in [-0.25, -0.2) is 4.39 Å². The predicted molar refractivity (Wildman–Crippen MR) is 78.7 cm³/mol. The van der Waals surface area contributed by atoms with E-state index in [0.29, 0.717) is 18.5 Å². The van der Waals surface area contributed by atoms with Gasteiger partial charge in [0.2, 0.25) is 0 Å². The van der Waals surface area contributed by atoms with Crippen LogP contribution in [-0.4, -0.2) is 12.6 Å². The highest BCUT2D eigenvalue weighted by molar-refractivity contribution is 5.55. The predicted octanol–water partition coefficient (Wildman–Crippen LogP) is 3.69. The molecule has 0 spiro atoms. The Bertz CT molecular complexity index is 411. The molecular formula is C16H25FN2. The zero-order valence-electron chi connectivity index (χ0n) is 12.0. The Labute approximate surface area is 115 Å². The van der Waals surface area contributed by atoms with Crippen LogP contribution in [0.4, 0.5) is 10.1 Å². The molecule has 106 valence electrons.